The molecule has 0 amide bonds. The van der Waals surface area contributed by atoms with E-state index in [9.17, 15) is 9.90 Å². The van der Waals surface area contributed by atoms with E-state index in [1.165, 1.54) is 0 Å². The van der Waals surface area contributed by atoms with Crippen LogP contribution < -0.4 is 11.1 Å². The maximum Gasteiger partial charge on any atom is 0.328 e. The van der Waals surface area contributed by atoms with Crippen molar-refractivity contribution in [2.45, 2.75) is 18.9 Å². The van der Waals surface area contributed by atoms with Crippen LogP contribution in [0.25, 0.3) is 10.8 Å². The largest absolute Gasteiger partial charge is 0.480 e. The average molecular weight is 312 g/mol. The van der Waals surface area contributed by atoms with E-state index < -0.39 is 12.0 Å². The van der Waals surface area contributed by atoms with Crippen LogP contribution in [0.5, 0.6) is 0 Å². The number of carboxylic acids is 1. The standard InChI is InChI=1S/C17H20N4O2/c18-17(19)20-9-3-6-15(16(22)23)21-11-12-7-8-13-4-1-2-5-14(13)10-12/h1-2,4-5,7-8,10-11,15H,3,6,9H2,(H,22,23)(H4,18,19,20)/t15-/m0/s1. The Morgan fingerprint density at radius 1 is 1.39 bits per heavy atom. The van der Waals surface area contributed by atoms with Crippen molar-refractivity contribution in [1.82, 2.24) is 5.32 Å². The molecule has 0 aromatic heterocycles. The van der Waals surface area contributed by atoms with Gasteiger partial charge in [-0.25, -0.2) is 4.79 Å². The predicted molar refractivity (Wildman–Crippen MR) is 92.1 cm³/mol. The Balaban J connectivity index is 1.97. The van der Waals surface area contributed by atoms with Crippen molar-refractivity contribution in [3.63, 3.8) is 0 Å². The van der Waals surface area contributed by atoms with Gasteiger partial charge in [0.1, 0.15) is 6.04 Å². The predicted octanol–water partition coefficient (Wildman–Crippen LogP) is 1.98. The van der Waals surface area contributed by atoms with Crippen LogP contribution >= 0.6 is 0 Å². The van der Waals surface area contributed by atoms with Gasteiger partial charge in [-0.2, -0.15) is 0 Å². The molecule has 0 aliphatic carbocycles. The molecule has 0 saturated carbocycles. The summed E-state index contributed by atoms with van der Waals surface area (Å²) in [6.45, 7) is 0.448. The van der Waals surface area contributed by atoms with Gasteiger partial charge in [0, 0.05) is 12.8 Å². The number of rotatable bonds is 7. The van der Waals surface area contributed by atoms with Crippen LogP contribution in [-0.2, 0) is 4.79 Å². The number of nitrogens with zero attached hydrogens (tertiary/aromatic N) is 1. The van der Waals surface area contributed by atoms with Crippen molar-refractivity contribution in [2.75, 3.05) is 6.54 Å². The number of nitrogens with two attached hydrogens (primary N) is 1. The second-order valence-corrected chi connectivity index (χ2v) is 5.19. The molecule has 2 aromatic carbocycles. The first-order valence-electron chi connectivity index (χ1n) is 7.81. The third-order valence-corrected chi connectivity index (χ3v) is 3.42. The van der Waals surface area contributed by atoms with Gasteiger partial charge in [0.15, 0.2) is 7.37 Å². The van der Waals surface area contributed by atoms with E-state index in [1.54, 1.807) is 6.21 Å². The van der Waals surface area contributed by atoms with E-state index >= 15 is 0 Å². The molecule has 0 fully saturated rings. The van der Waals surface area contributed by atoms with Crippen LogP contribution in [-0.4, -0.2) is 35.8 Å². The Hall–Kier alpha value is -2.89. The number of carboxylic acid groups (broad SMARTS) is 1. The zero-order valence-electron chi connectivity index (χ0n) is 13.6. The van der Waals surface area contributed by atoms with Gasteiger partial charge in [-0.15, -0.1) is 0 Å². The molecule has 6 heteroatoms. The number of hydrogen-bond acceptors (Lipinski definition) is 3. The Bertz CT molecular complexity index is 761. The van der Waals surface area contributed by atoms with Crippen LogP contribution in [0.1, 0.15) is 18.4 Å². The fourth-order valence-corrected chi connectivity index (χ4v) is 2.24. The average Bonchev–Trinajstić information content (AvgIpc) is 2.60. The summed E-state index contributed by atoms with van der Waals surface area (Å²) in [4.78, 5) is 15.5. The second kappa shape index (κ2) is 7.93. The van der Waals surface area contributed by atoms with Gasteiger partial charge in [0.2, 0.25) is 0 Å². The molecule has 0 spiro atoms. The molecule has 0 aliphatic rings. The summed E-state index contributed by atoms with van der Waals surface area (Å²) in [6, 6.07) is 13.0. The highest BCUT2D eigenvalue weighted by Crippen LogP contribution is 2.15. The number of carbonyl (C=O) groups is 1. The van der Waals surface area contributed by atoms with E-state index in [4.69, 9.17) is 7.15 Å². The molecule has 2 aromatic rings. The van der Waals surface area contributed by atoms with Gasteiger partial charge in [-0.1, -0.05) is 36.4 Å². The molecule has 23 heavy (non-hydrogen) atoms. The molecule has 0 saturated heterocycles. The zero-order valence-corrected chi connectivity index (χ0v) is 12.6. The van der Waals surface area contributed by atoms with Crippen LogP contribution in [0, 0.1) is 5.40 Å². The van der Waals surface area contributed by atoms with Gasteiger partial charge < -0.3 is 16.2 Å². The third kappa shape index (κ3) is 5.10. The van der Waals surface area contributed by atoms with E-state index in [0.29, 0.717) is 19.4 Å². The highest BCUT2D eigenvalue weighted by atomic mass is 16.4. The zero-order chi connectivity index (χ0) is 17.4. The summed E-state index contributed by atoms with van der Waals surface area (Å²) in [5.41, 5.74) is 6.20. The lowest BCUT2D eigenvalue weighted by atomic mass is 10.1. The van der Waals surface area contributed by atoms with Crippen molar-refractivity contribution >= 4 is 28.9 Å². The lowest BCUT2D eigenvalue weighted by Gasteiger charge is -2.08. The smallest absolute Gasteiger partial charge is 0.328 e. The molecule has 5 N–H and O–H groups in total. The molecule has 6 nitrogen and oxygen atoms in total. The van der Waals surface area contributed by atoms with Crippen LogP contribution in [0.15, 0.2) is 47.5 Å². The fourth-order valence-electron chi connectivity index (χ4n) is 2.24. The summed E-state index contributed by atoms with van der Waals surface area (Å²) in [6.07, 6.45) is 2.53. The van der Waals surface area contributed by atoms with E-state index in [0.717, 1.165) is 16.3 Å². The molecule has 0 heterocycles. The fraction of sp³-hybridized carbons (Fsp3) is 0.235. The summed E-state index contributed by atoms with van der Waals surface area (Å²) >= 11 is 0. The normalized spacial score (nSPS) is 13.9. The molecule has 1 atom stereocenters. The van der Waals surface area contributed by atoms with Crippen molar-refractivity contribution in [2.24, 2.45) is 10.7 Å². The second-order valence-electron chi connectivity index (χ2n) is 5.19. The number of aliphatic carboxylic acids is 1. The molecular weight excluding hydrogens is 292 g/mol. The minimum absolute atomic E-state index is 0.0153. The summed E-state index contributed by atoms with van der Waals surface area (Å²) in [7, 11) is 0. The highest BCUT2D eigenvalue weighted by molar-refractivity contribution is 5.91. The van der Waals surface area contributed by atoms with Crippen molar-refractivity contribution < 1.29 is 11.3 Å². The van der Waals surface area contributed by atoms with Crippen LogP contribution in [0.4, 0.5) is 0 Å². The Labute approximate surface area is 136 Å². The topological polar surface area (TPSA) is 112 Å². The third-order valence-electron chi connectivity index (χ3n) is 3.42. The van der Waals surface area contributed by atoms with E-state index in [-0.39, 0.29) is 5.96 Å². The molecule has 120 valence electrons. The first-order chi connectivity index (χ1) is 11.6. The van der Waals surface area contributed by atoms with E-state index in [1.807, 2.05) is 42.5 Å². The molecule has 2 rings (SSSR count). The number of fused-ring (bicyclic) bond motifs is 1. The minimum Gasteiger partial charge on any atom is -0.480 e. The van der Waals surface area contributed by atoms with Gasteiger partial charge in [0.25, 0.3) is 0 Å². The first-order valence-corrected chi connectivity index (χ1v) is 7.36. The molecule has 0 radical (unpaired) electrons. The van der Waals surface area contributed by atoms with Gasteiger partial charge >= 0.3 is 5.97 Å². The minimum atomic E-state index is -0.964. The quantitative estimate of drug-likeness (QED) is 0.356. The maximum atomic E-state index is 11.3. The number of nitrogens with one attached hydrogen (secondary N) is 2. The summed E-state index contributed by atoms with van der Waals surface area (Å²) in [5.74, 6) is -0.948. The molecular formula is C17H20N4O2. The molecule has 0 bridgehead atoms. The van der Waals surface area contributed by atoms with Crippen LogP contribution in [0.2, 0.25) is 1.41 Å². The number of aliphatic imine (C=N–C) groups is 1. The number of hydrogen-bond donors (Lipinski definition) is 4. The van der Waals surface area contributed by atoms with Crippen molar-refractivity contribution in [3.05, 3.63) is 48.0 Å². The maximum absolute atomic E-state index is 11.3. The van der Waals surface area contributed by atoms with Crippen LogP contribution in [0.3, 0.4) is 0 Å². The summed E-state index contributed by atoms with van der Waals surface area (Å²) < 4.78 is 6.70. The Morgan fingerprint density at radius 2 is 2.17 bits per heavy atom. The first kappa shape index (κ1) is 15.0. The monoisotopic (exact) mass is 312 g/mol. The number of guanidine groups is 1. The van der Waals surface area contributed by atoms with Crippen molar-refractivity contribution in [3.8, 4) is 0 Å². The molecule has 0 aliphatic heterocycles. The summed E-state index contributed by atoms with van der Waals surface area (Å²) in [5, 5.41) is 17.2. The molecule has 0 unspecified atom stereocenters. The van der Waals surface area contributed by atoms with Crippen molar-refractivity contribution in [1.29, 1.82) is 5.40 Å². The number of benzene rings is 2. The lowest BCUT2D eigenvalue weighted by Crippen LogP contribution is -2.31. The highest BCUT2D eigenvalue weighted by Gasteiger charge is 2.14. The lowest BCUT2D eigenvalue weighted by molar-refractivity contribution is -0.138. The van der Waals surface area contributed by atoms with Gasteiger partial charge in [0.05, 0.1) is 0 Å². The Kier molecular flexibility index (Phi) is 5.18. The Morgan fingerprint density at radius 3 is 2.91 bits per heavy atom. The van der Waals surface area contributed by atoms with Gasteiger partial charge in [-0.05, 0) is 35.2 Å². The van der Waals surface area contributed by atoms with E-state index in [2.05, 4.69) is 15.7 Å². The SMILES string of the molecule is [H]/N=C(\N)NCCC[C@H](N=Cc1ccc2ccccc2c1)C(=O)O. The van der Waals surface area contributed by atoms with Gasteiger partial charge in [-0.3, -0.25) is 10.4 Å².